The smallest absolute Gasteiger partial charge is 0.465 e. The third-order valence-electron chi connectivity index (χ3n) is 4.63. The molecule has 2 N–H and O–H groups in total. The largest absolute Gasteiger partial charge is 0.503 e. The molecular formula is C25H20O5. The molecule has 0 aliphatic carbocycles. The lowest BCUT2D eigenvalue weighted by atomic mass is 9.89. The van der Waals surface area contributed by atoms with Crippen molar-refractivity contribution in [1.82, 2.24) is 0 Å². The zero-order valence-electron chi connectivity index (χ0n) is 16.3. The van der Waals surface area contributed by atoms with Gasteiger partial charge in [-0.25, -0.2) is 9.59 Å². The van der Waals surface area contributed by atoms with Crippen LogP contribution in [0.4, 0.5) is 4.79 Å². The van der Waals surface area contributed by atoms with Gasteiger partial charge in [0.05, 0.1) is 12.7 Å². The number of benzene rings is 4. The van der Waals surface area contributed by atoms with E-state index in [4.69, 9.17) is 19.7 Å². The van der Waals surface area contributed by atoms with E-state index in [-0.39, 0.29) is 5.97 Å². The molecule has 0 radical (unpaired) electrons. The number of carboxylic acid groups (broad SMARTS) is 2. The molecule has 4 aromatic carbocycles. The van der Waals surface area contributed by atoms with Crippen molar-refractivity contribution in [1.29, 1.82) is 0 Å². The van der Waals surface area contributed by atoms with Crippen molar-refractivity contribution < 1.29 is 24.5 Å². The fourth-order valence-corrected chi connectivity index (χ4v) is 3.42. The third kappa shape index (κ3) is 4.47. The fourth-order valence-electron chi connectivity index (χ4n) is 3.42. The molecule has 150 valence electrons. The second-order valence-corrected chi connectivity index (χ2v) is 6.39. The molecule has 0 unspecified atom stereocenters. The molecule has 0 aromatic heterocycles. The first-order chi connectivity index (χ1) is 14.5. The second kappa shape index (κ2) is 9.39. The summed E-state index contributed by atoms with van der Waals surface area (Å²) >= 11 is 0. The van der Waals surface area contributed by atoms with Crippen molar-refractivity contribution in [3.63, 3.8) is 0 Å². The molecule has 5 nitrogen and oxygen atoms in total. The summed E-state index contributed by atoms with van der Waals surface area (Å²) < 4.78 is 4.98. The van der Waals surface area contributed by atoms with Gasteiger partial charge in [0.15, 0.2) is 0 Å². The molecule has 0 spiro atoms. The summed E-state index contributed by atoms with van der Waals surface area (Å²) in [5, 5.41) is 16.3. The monoisotopic (exact) mass is 400 g/mol. The van der Waals surface area contributed by atoms with E-state index in [0.717, 1.165) is 22.3 Å². The molecule has 4 aromatic rings. The maximum Gasteiger partial charge on any atom is 0.503 e. The van der Waals surface area contributed by atoms with Gasteiger partial charge in [-0.1, -0.05) is 84.9 Å². The van der Waals surface area contributed by atoms with Gasteiger partial charge >= 0.3 is 12.1 Å². The van der Waals surface area contributed by atoms with Gasteiger partial charge in [-0.3, -0.25) is 0 Å². The van der Waals surface area contributed by atoms with Crippen LogP contribution in [0.25, 0.3) is 33.0 Å². The van der Waals surface area contributed by atoms with Crippen LogP contribution in [0.2, 0.25) is 0 Å². The van der Waals surface area contributed by atoms with Crippen LogP contribution in [0.5, 0.6) is 0 Å². The zero-order chi connectivity index (χ0) is 21.5. The number of carbonyl (C=O) groups is 2. The van der Waals surface area contributed by atoms with Crippen molar-refractivity contribution >= 4 is 22.9 Å². The van der Waals surface area contributed by atoms with E-state index in [0.29, 0.717) is 5.56 Å². The Balaban J connectivity index is 0.000000589. The molecule has 0 bridgehead atoms. The van der Waals surface area contributed by atoms with Crippen LogP contribution in [-0.2, 0) is 4.74 Å². The Morgan fingerprint density at radius 3 is 1.77 bits per heavy atom. The van der Waals surface area contributed by atoms with Crippen LogP contribution < -0.4 is 0 Å². The van der Waals surface area contributed by atoms with Gasteiger partial charge in [0.2, 0.25) is 0 Å². The third-order valence-corrected chi connectivity index (χ3v) is 4.63. The van der Waals surface area contributed by atoms with Gasteiger partial charge in [-0.15, -0.1) is 0 Å². The summed E-state index contributed by atoms with van der Waals surface area (Å²) in [4.78, 5) is 20.8. The molecule has 5 heteroatoms. The highest BCUT2D eigenvalue weighted by Gasteiger charge is 2.16. The number of fused-ring (bicyclic) bond motifs is 1. The van der Waals surface area contributed by atoms with Crippen LogP contribution in [0, 0.1) is 0 Å². The number of esters is 1. The normalized spacial score (nSPS) is 10.0. The van der Waals surface area contributed by atoms with Gasteiger partial charge < -0.3 is 14.9 Å². The lowest BCUT2D eigenvalue weighted by molar-refractivity contribution is 0.0601. The topological polar surface area (TPSA) is 83.8 Å². The van der Waals surface area contributed by atoms with Crippen molar-refractivity contribution in [2.24, 2.45) is 0 Å². The minimum Gasteiger partial charge on any atom is -0.465 e. The average molecular weight is 400 g/mol. The molecule has 0 saturated carbocycles. The second-order valence-electron chi connectivity index (χ2n) is 6.39. The molecule has 0 aliphatic rings. The van der Waals surface area contributed by atoms with Crippen LogP contribution >= 0.6 is 0 Å². The van der Waals surface area contributed by atoms with Crippen LogP contribution in [-0.4, -0.2) is 29.4 Å². The first kappa shape index (κ1) is 20.6. The Kier molecular flexibility index (Phi) is 6.45. The Morgan fingerprint density at radius 1 is 0.633 bits per heavy atom. The minimum atomic E-state index is -1.83. The fraction of sp³-hybridized carbons (Fsp3) is 0.0400. The Hall–Kier alpha value is -4.12. The van der Waals surface area contributed by atoms with Gasteiger partial charge in [0.1, 0.15) is 0 Å². The molecule has 0 heterocycles. The first-order valence-corrected chi connectivity index (χ1v) is 9.19. The maximum absolute atomic E-state index is 12.2. The van der Waals surface area contributed by atoms with Crippen molar-refractivity contribution in [3.8, 4) is 22.3 Å². The molecule has 0 atom stereocenters. The average Bonchev–Trinajstić information content (AvgIpc) is 2.78. The molecular weight excluding hydrogens is 380 g/mol. The van der Waals surface area contributed by atoms with E-state index < -0.39 is 6.16 Å². The van der Waals surface area contributed by atoms with Crippen molar-refractivity contribution in [3.05, 3.63) is 96.6 Å². The predicted molar refractivity (Wildman–Crippen MR) is 117 cm³/mol. The van der Waals surface area contributed by atoms with E-state index in [1.807, 2.05) is 36.4 Å². The minimum absolute atomic E-state index is 0.326. The lowest BCUT2D eigenvalue weighted by Gasteiger charge is -2.15. The summed E-state index contributed by atoms with van der Waals surface area (Å²) in [6.07, 6.45) is -1.83. The summed E-state index contributed by atoms with van der Waals surface area (Å²) in [7, 11) is 1.41. The van der Waals surface area contributed by atoms with Crippen LogP contribution in [0.15, 0.2) is 91.0 Å². The van der Waals surface area contributed by atoms with Crippen LogP contribution in [0.3, 0.4) is 0 Å². The molecule has 0 fully saturated rings. The highest BCUT2D eigenvalue weighted by Crippen LogP contribution is 2.37. The first-order valence-electron chi connectivity index (χ1n) is 9.19. The highest BCUT2D eigenvalue weighted by molar-refractivity contribution is 6.04. The number of methoxy groups -OCH3 is 1. The molecule has 4 rings (SSSR count). The summed E-state index contributed by atoms with van der Waals surface area (Å²) in [6.45, 7) is 0. The lowest BCUT2D eigenvalue weighted by Crippen LogP contribution is -2.03. The van der Waals surface area contributed by atoms with Crippen molar-refractivity contribution in [2.45, 2.75) is 0 Å². The number of hydrogen-bond donors (Lipinski definition) is 2. The maximum atomic E-state index is 12.2. The van der Waals surface area contributed by atoms with Gasteiger partial charge in [-0.05, 0) is 39.1 Å². The molecule has 0 amide bonds. The Labute approximate surface area is 173 Å². The molecule has 0 aliphatic heterocycles. The van der Waals surface area contributed by atoms with E-state index in [2.05, 4.69) is 48.5 Å². The quantitative estimate of drug-likeness (QED) is 0.401. The Bertz CT molecular complexity index is 1190. The summed E-state index contributed by atoms with van der Waals surface area (Å²) in [5.74, 6) is -0.326. The SMILES string of the molecule is COC(=O)c1ccccc1-c1ccccc1-c1cccc2ccccc12.O=C(O)O. The number of ether oxygens (including phenoxy) is 1. The van der Waals surface area contributed by atoms with Gasteiger partial charge in [0.25, 0.3) is 0 Å². The van der Waals surface area contributed by atoms with Gasteiger partial charge in [-0.2, -0.15) is 0 Å². The Morgan fingerprint density at radius 2 is 1.10 bits per heavy atom. The van der Waals surface area contributed by atoms with Crippen LogP contribution in [0.1, 0.15) is 10.4 Å². The highest BCUT2D eigenvalue weighted by atomic mass is 16.6. The van der Waals surface area contributed by atoms with E-state index in [1.165, 1.54) is 17.9 Å². The van der Waals surface area contributed by atoms with Gasteiger partial charge in [0, 0.05) is 0 Å². The molecule has 30 heavy (non-hydrogen) atoms. The molecule has 0 saturated heterocycles. The number of hydrogen-bond acceptors (Lipinski definition) is 3. The predicted octanol–water partition coefficient (Wildman–Crippen LogP) is 6.18. The number of rotatable bonds is 3. The van der Waals surface area contributed by atoms with E-state index in [9.17, 15) is 4.79 Å². The summed E-state index contributed by atoms with van der Waals surface area (Å²) in [6, 6.07) is 30.4. The zero-order valence-corrected chi connectivity index (χ0v) is 16.3. The van der Waals surface area contributed by atoms with Crippen molar-refractivity contribution in [2.75, 3.05) is 7.11 Å². The van der Waals surface area contributed by atoms with E-state index >= 15 is 0 Å². The standard InChI is InChI=1S/C24H18O2.CH2O3/c1-26-24(25)23-15-7-6-14-22(23)21-13-5-4-12-20(21)19-16-8-10-17-9-2-3-11-18(17)19;2-1(3)4/h2-16H,1H3;(H2,2,3,4). The summed E-state index contributed by atoms with van der Waals surface area (Å²) in [5.41, 5.74) is 4.72. The van der Waals surface area contributed by atoms with E-state index in [1.54, 1.807) is 6.07 Å². The number of carbonyl (C=O) groups excluding carboxylic acids is 1.